The van der Waals surface area contributed by atoms with Crippen LogP contribution in [0.2, 0.25) is 5.02 Å². The van der Waals surface area contributed by atoms with Gasteiger partial charge in [-0.15, -0.1) is 0 Å². The Hall–Kier alpha value is -3.79. The summed E-state index contributed by atoms with van der Waals surface area (Å²) in [6, 6.07) is 4.58. The van der Waals surface area contributed by atoms with Crippen LogP contribution in [0.1, 0.15) is 45.5 Å². The number of benzene rings is 2. The lowest BCUT2D eigenvalue weighted by Gasteiger charge is -2.33. The quantitative estimate of drug-likeness (QED) is 0.354. The molecule has 0 spiro atoms. The molecule has 2 aliphatic rings. The number of carbonyl (C=O) groups excluding carboxylic acids is 4. The van der Waals surface area contributed by atoms with Gasteiger partial charge in [0, 0.05) is 28.9 Å². The molecule has 0 radical (unpaired) electrons. The van der Waals surface area contributed by atoms with Crippen molar-refractivity contribution < 1.29 is 32.7 Å². The first-order valence-corrected chi connectivity index (χ1v) is 11.0. The first-order valence-electron chi connectivity index (χ1n) is 10.6. The van der Waals surface area contributed by atoms with Crippen LogP contribution in [0, 0.1) is 11.6 Å². The molecule has 1 saturated heterocycles. The monoisotopic (exact) mass is 503 g/mol. The molecule has 2 heterocycles. The van der Waals surface area contributed by atoms with Crippen LogP contribution in [0.3, 0.4) is 0 Å². The normalized spacial score (nSPS) is 19.2. The summed E-state index contributed by atoms with van der Waals surface area (Å²) in [7, 11) is 0. The number of hydrogen-bond donors (Lipinski definition) is 2. The maximum absolute atomic E-state index is 14.6. The van der Waals surface area contributed by atoms with Crippen molar-refractivity contribution in [3.05, 3.63) is 69.8 Å². The minimum Gasteiger partial charge on any atom is -0.456 e. The Bertz CT molecular complexity index is 1300. The van der Waals surface area contributed by atoms with E-state index in [0.717, 1.165) is 12.1 Å². The summed E-state index contributed by atoms with van der Waals surface area (Å²) in [5, 5.41) is -0.119. The fourth-order valence-electron chi connectivity index (χ4n) is 4.46. The molecule has 35 heavy (non-hydrogen) atoms. The van der Waals surface area contributed by atoms with Crippen LogP contribution in [0.15, 0.2) is 36.4 Å². The van der Waals surface area contributed by atoms with E-state index in [0.29, 0.717) is 18.4 Å². The van der Waals surface area contributed by atoms with Gasteiger partial charge in [-0.1, -0.05) is 17.7 Å². The number of rotatable bonds is 6. The third-order valence-corrected chi connectivity index (χ3v) is 6.42. The van der Waals surface area contributed by atoms with Gasteiger partial charge in [0.05, 0.1) is 10.6 Å². The highest BCUT2D eigenvalue weighted by Gasteiger charge is 2.44. The number of hydrogen-bond acceptors (Lipinski definition) is 6. The third-order valence-electron chi connectivity index (χ3n) is 6.13. The summed E-state index contributed by atoms with van der Waals surface area (Å²) >= 11 is 5.87. The van der Waals surface area contributed by atoms with E-state index >= 15 is 0 Å². The summed E-state index contributed by atoms with van der Waals surface area (Å²) in [4.78, 5) is 50.3. The summed E-state index contributed by atoms with van der Waals surface area (Å²) in [5.74, 6) is -4.65. The number of nitrogens with zero attached hydrogens (tertiary/aromatic N) is 1. The predicted octanol–water partition coefficient (Wildman–Crippen LogP) is 2.87. The van der Waals surface area contributed by atoms with Crippen molar-refractivity contribution in [3.63, 3.8) is 0 Å². The topological polar surface area (TPSA) is 133 Å². The van der Waals surface area contributed by atoms with Gasteiger partial charge in [0.15, 0.2) is 18.2 Å². The summed E-state index contributed by atoms with van der Waals surface area (Å²) in [6.45, 7) is -0.678. The van der Waals surface area contributed by atoms with Crippen LogP contribution in [-0.4, -0.2) is 47.2 Å². The van der Waals surface area contributed by atoms with Crippen molar-refractivity contribution >= 4 is 46.4 Å². The number of primary amides is 1. The Labute approximate surface area is 203 Å². The lowest BCUT2D eigenvalue weighted by Crippen LogP contribution is -2.47. The molecular formula is C24H20ClF2N3O5. The SMILES string of the molecule is NC(=O)c1ccc(C(=O)COC(=O)[C@@H]2CCC3CC(c4c(N)ccc(Cl)c4F)=CC(=O)N32)cc1F. The molecule has 2 aromatic rings. The maximum Gasteiger partial charge on any atom is 0.329 e. The van der Waals surface area contributed by atoms with Crippen molar-refractivity contribution in [2.75, 3.05) is 12.3 Å². The van der Waals surface area contributed by atoms with E-state index in [4.69, 9.17) is 27.8 Å². The number of esters is 1. The number of amides is 2. The van der Waals surface area contributed by atoms with Crippen molar-refractivity contribution in [1.29, 1.82) is 0 Å². The Morgan fingerprint density at radius 3 is 2.57 bits per heavy atom. The zero-order valence-corrected chi connectivity index (χ0v) is 19.0. The molecule has 4 rings (SSSR count). The minimum atomic E-state index is -0.979. The predicted molar refractivity (Wildman–Crippen MR) is 122 cm³/mol. The van der Waals surface area contributed by atoms with E-state index in [1.165, 1.54) is 29.2 Å². The molecule has 11 heteroatoms. The number of ether oxygens (including phenoxy) is 1. The van der Waals surface area contributed by atoms with Crippen LogP contribution < -0.4 is 11.5 Å². The molecule has 1 fully saturated rings. The second kappa shape index (κ2) is 9.46. The van der Waals surface area contributed by atoms with Gasteiger partial charge in [-0.05, 0) is 49.1 Å². The molecule has 2 atom stereocenters. The van der Waals surface area contributed by atoms with E-state index in [-0.39, 0.29) is 39.9 Å². The number of anilines is 1. The van der Waals surface area contributed by atoms with Gasteiger partial charge in [-0.3, -0.25) is 14.4 Å². The van der Waals surface area contributed by atoms with Crippen molar-refractivity contribution in [3.8, 4) is 0 Å². The molecule has 2 aromatic carbocycles. The summed E-state index contributed by atoms with van der Waals surface area (Å²) in [5.41, 5.74) is 11.1. The molecule has 4 N–H and O–H groups in total. The molecule has 2 aliphatic heterocycles. The first-order chi connectivity index (χ1) is 16.6. The van der Waals surface area contributed by atoms with Gasteiger partial charge in [0.25, 0.3) is 5.91 Å². The van der Waals surface area contributed by atoms with Crippen molar-refractivity contribution in [2.45, 2.75) is 31.3 Å². The zero-order valence-electron chi connectivity index (χ0n) is 18.2. The fourth-order valence-corrected chi connectivity index (χ4v) is 4.61. The third kappa shape index (κ3) is 4.61. The molecular weight excluding hydrogens is 484 g/mol. The van der Waals surface area contributed by atoms with Crippen LogP contribution >= 0.6 is 11.6 Å². The van der Waals surface area contributed by atoms with Gasteiger partial charge in [0.2, 0.25) is 5.91 Å². The summed E-state index contributed by atoms with van der Waals surface area (Å²) < 4.78 is 33.6. The molecule has 182 valence electrons. The highest BCUT2D eigenvalue weighted by atomic mass is 35.5. The second-order valence-corrected chi connectivity index (χ2v) is 8.69. The highest BCUT2D eigenvalue weighted by Crippen LogP contribution is 2.39. The Balaban J connectivity index is 1.45. The minimum absolute atomic E-state index is 0.0664. The summed E-state index contributed by atoms with van der Waals surface area (Å²) in [6.07, 6.45) is 2.24. The van der Waals surface area contributed by atoms with Gasteiger partial charge in [-0.25, -0.2) is 13.6 Å². The molecule has 0 saturated carbocycles. The number of nitrogen functional groups attached to an aromatic ring is 1. The highest BCUT2D eigenvalue weighted by molar-refractivity contribution is 6.31. The van der Waals surface area contributed by atoms with Crippen LogP contribution in [-0.2, 0) is 14.3 Å². The molecule has 8 nitrogen and oxygen atoms in total. The van der Waals surface area contributed by atoms with E-state index < -0.39 is 47.9 Å². The number of nitrogens with two attached hydrogens (primary N) is 2. The van der Waals surface area contributed by atoms with E-state index in [2.05, 4.69) is 0 Å². The van der Waals surface area contributed by atoms with E-state index in [1.54, 1.807) is 0 Å². The van der Waals surface area contributed by atoms with Gasteiger partial charge in [0.1, 0.15) is 11.9 Å². The van der Waals surface area contributed by atoms with Crippen LogP contribution in [0.5, 0.6) is 0 Å². The lowest BCUT2D eigenvalue weighted by atomic mass is 9.92. The Morgan fingerprint density at radius 1 is 1.14 bits per heavy atom. The average molecular weight is 504 g/mol. The van der Waals surface area contributed by atoms with Gasteiger partial charge in [-0.2, -0.15) is 0 Å². The first kappa shape index (κ1) is 24.3. The zero-order chi connectivity index (χ0) is 25.4. The smallest absolute Gasteiger partial charge is 0.329 e. The van der Waals surface area contributed by atoms with Crippen molar-refractivity contribution in [1.82, 2.24) is 4.90 Å². The molecule has 0 aromatic heterocycles. The standard InChI is InChI=1S/C24H20ClF2N3O5/c25-15-4-5-17(28)21(22(15)27)12-7-13-2-6-18(30(13)20(32)9-12)24(34)35-10-19(31)11-1-3-14(23(29)33)16(26)8-11/h1,3-5,8-9,13,18H,2,6-7,10,28H2,(H2,29,33)/t13?,18-/m0/s1. The number of Topliss-reactive ketones (excluding diaryl/α,β-unsaturated/α-hetero) is 1. The number of fused-ring (bicyclic) bond motifs is 1. The van der Waals surface area contributed by atoms with Crippen LogP contribution in [0.4, 0.5) is 14.5 Å². The fraction of sp³-hybridized carbons (Fsp3) is 0.250. The second-order valence-electron chi connectivity index (χ2n) is 8.28. The maximum atomic E-state index is 14.6. The molecule has 0 aliphatic carbocycles. The molecule has 1 unspecified atom stereocenters. The van der Waals surface area contributed by atoms with Crippen molar-refractivity contribution in [2.24, 2.45) is 5.73 Å². The largest absolute Gasteiger partial charge is 0.456 e. The van der Waals surface area contributed by atoms with E-state index in [9.17, 15) is 28.0 Å². The molecule has 2 amide bonds. The van der Waals surface area contributed by atoms with Gasteiger partial charge < -0.3 is 21.1 Å². The average Bonchev–Trinajstić information content (AvgIpc) is 3.24. The Morgan fingerprint density at radius 2 is 1.89 bits per heavy atom. The Kier molecular flexibility index (Phi) is 6.58. The molecule has 0 bridgehead atoms. The van der Waals surface area contributed by atoms with E-state index in [1.807, 2.05) is 0 Å². The number of ketones is 1. The number of halogens is 3. The lowest BCUT2D eigenvalue weighted by molar-refractivity contribution is -0.152. The number of carbonyl (C=O) groups is 4. The van der Waals surface area contributed by atoms with Crippen LogP contribution in [0.25, 0.3) is 5.57 Å². The van der Waals surface area contributed by atoms with Gasteiger partial charge >= 0.3 is 5.97 Å².